The van der Waals surface area contributed by atoms with Crippen LogP contribution < -0.4 is 10.6 Å². The number of amides is 2. The van der Waals surface area contributed by atoms with Crippen molar-refractivity contribution in [2.45, 2.75) is 0 Å². The van der Waals surface area contributed by atoms with E-state index in [1.807, 2.05) is 18.2 Å². The summed E-state index contributed by atoms with van der Waals surface area (Å²) in [6.45, 7) is 0. The number of benzene rings is 3. The van der Waals surface area contributed by atoms with Gasteiger partial charge in [0.15, 0.2) is 0 Å². The zero-order chi connectivity index (χ0) is 17.6. The quantitative estimate of drug-likeness (QED) is 0.746. The lowest BCUT2D eigenvalue weighted by Crippen LogP contribution is -2.14. The van der Waals surface area contributed by atoms with Gasteiger partial charge in [-0.3, -0.25) is 9.59 Å². The van der Waals surface area contributed by atoms with Crippen molar-refractivity contribution in [3.8, 4) is 0 Å². The van der Waals surface area contributed by atoms with Crippen molar-refractivity contribution in [1.29, 1.82) is 0 Å². The zero-order valence-electron chi connectivity index (χ0n) is 13.2. The summed E-state index contributed by atoms with van der Waals surface area (Å²) in [5, 5.41) is 5.44. The third-order valence-electron chi connectivity index (χ3n) is 3.54. The van der Waals surface area contributed by atoms with Gasteiger partial charge in [-0.15, -0.1) is 0 Å². The Bertz CT molecular complexity index is 876. The van der Waals surface area contributed by atoms with E-state index in [1.54, 1.807) is 36.4 Å². The largest absolute Gasteiger partial charge is 0.322 e. The van der Waals surface area contributed by atoms with Crippen LogP contribution in [0.15, 0.2) is 78.9 Å². The molecule has 0 fully saturated rings. The van der Waals surface area contributed by atoms with E-state index in [4.69, 9.17) is 0 Å². The minimum absolute atomic E-state index is 0.253. The fourth-order valence-electron chi connectivity index (χ4n) is 2.23. The van der Waals surface area contributed by atoms with Gasteiger partial charge in [0.1, 0.15) is 5.82 Å². The van der Waals surface area contributed by atoms with E-state index in [9.17, 15) is 14.0 Å². The summed E-state index contributed by atoms with van der Waals surface area (Å²) >= 11 is 0. The van der Waals surface area contributed by atoms with Crippen molar-refractivity contribution in [3.63, 3.8) is 0 Å². The lowest BCUT2D eigenvalue weighted by atomic mass is 10.1. The second-order valence-corrected chi connectivity index (χ2v) is 5.36. The third kappa shape index (κ3) is 4.29. The molecule has 0 bridgehead atoms. The Kier molecular flexibility index (Phi) is 4.85. The van der Waals surface area contributed by atoms with Gasteiger partial charge in [-0.25, -0.2) is 4.39 Å². The fraction of sp³-hybridized carbons (Fsp3) is 0. The molecule has 0 radical (unpaired) electrons. The Morgan fingerprint density at radius 3 is 1.52 bits per heavy atom. The van der Waals surface area contributed by atoms with Crippen LogP contribution in [0.1, 0.15) is 20.7 Å². The van der Waals surface area contributed by atoms with E-state index in [-0.39, 0.29) is 17.6 Å². The number of nitrogens with one attached hydrogen (secondary N) is 2. The Morgan fingerprint density at radius 1 is 0.600 bits per heavy atom. The van der Waals surface area contributed by atoms with E-state index in [0.717, 1.165) is 0 Å². The molecule has 0 heterocycles. The van der Waals surface area contributed by atoms with E-state index < -0.39 is 0 Å². The topological polar surface area (TPSA) is 58.2 Å². The molecule has 4 nitrogen and oxygen atoms in total. The molecule has 5 heteroatoms. The van der Waals surface area contributed by atoms with Crippen molar-refractivity contribution in [2.75, 3.05) is 10.6 Å². The van der Waals surface area contributed by atoms with Gasteiger partial charge in [0, 0.05) is 22.5 Å². The summed E-state index contributed by atoms with van der Waals surface area (Å²) in [5.41, 5.74) is 2.05. The molecule has 124 valence electrons. The number of anilines is 2. The molecule has 3 rings (SSSR count). The standard InChI is InChI=1S/C20H15FN2O2/c21-16-10-12-18(13-11-16)23-20(25)15-8-6-14(7-9-15)19(24)22-17-4-2-1-3-5-17/h1-13H,(H,22,24)(H,23,25). The molecule has 3 aromatic carbocycles. The molecular weight excluding hydrogens is 319 g/mol. The summed E-state index contributed by atoms with van der Waals surface area (Å²) in [4.78, 5) is 24.3. The monoisotopic (exact) mass is 334 g/mol. The van der Waals surface area contributed by atoms with Gasteiger partial charge in [-0.2, -0.15) is 0 Å². The van der Waals surface area contributed by atoms with Crippen LogP contribution in [0.5, 0.6) is 0 Å². The maximum atomic E-state index is 12.9. The molecule has 0 aliphatic carbocycles. The van der Waals surface area contributed by atoms with Gasteiger partial charge in [-0.1, -0.05) is 18.2 Å². The van der Waals surface area contributed by atoms with Crippen LogP contribution in [0.4, 0.5) is 15.8 Å². The predicted molar refractivity (Wildman–Crippen MR) is 95.2 cm³/mol. The van der Waals surface area contributed by atoms with E-state index in [2.05, 4.69) is 10.6 Å². The lowest BCUT2D eigenvalue weighted by molar-refractivity contribution is 0.101. The third-order valence-corrected chi connectivity index (χ3v) is 3.54. The summed E-state index contributed by atoms with van der Waals surface area (Å²) in [7, 11) is 0. The zero-order valence-corrected chi connectivity index (χ0v) is 13.2. The smallest absolute Gasteiger partial charge is 0.255 e. The number of rotatable bonds is 4. The average Bonchev–Trinajstić information content (AvgIpc) is 2.64. The molecule has 25 heavy (non-hydrogen) atoms. The first-order valence-corrected chi connectivity index (χ1v) is 7.65. The van der Waals surface area contributed by atoms with Crippen LogP contribution >= 0.6 is 0 Å². The first-order chi connectivity index (χ1) is 12.1. The second kappa shape index (κ2) is 7.40. The molecule has 3 aromatic rings. The SMILES string of the molecule is O=C(Nc1ccccc1)c1ccc(C(=O)Nc2ccc(F)cc2)cc1. The Hall–Kier alpha value is -3.47. The van der Waals surface area contributed by atoms with Gasteiger partial charge < -0.3 is 10.6 Å². The van der Waals surface area contributed by atoms with Gasteiger partial charge in [-0.05, 0) is 60.7 Å². The number of carbonyl (C=O) groups excluding carboxylic acids is 2. The van der Waals surface area contributed by atoms with Crippen molar-refractivity contribution >= 4 is 23.2 Å². The van der Waals surface area contributed by atoms with Gasteiger partial charge >= 0.3 is 0 Å². The van der Waals surface area contributed by atoms with Gasteiger partial charge in [0.05, 0.1) is 0 Å². The van der Waals surface area contributed by atoms with Crippen molar-refractivity contribution in [2.24, 2.45) is 0 Å². The van der Waals surface area contributed by atoms with E-state index >= 15 is 0 Å². The highest BCUT2D eigenvalue weighted by Gasteiger charge is 2.09. The second-order valence-electron chi connectivity index (χ2n) is 5.36. The average molecular weight is 334 g/mol. The Labute approximate surface area is 144 Å². The van der Waals surface area contributed by atoms with Crippen molar-refractivity contribution < 1.29 is 14.0 Å². The minimum atomic E-state index is -0.369. The molecule has 0 saturated carbocycles. The minimum Gasteiger partial charge on any atom is -0.322 e. The maximum absolute atomic E-state index is 12.9. The molecule has 0 atom stereocenters. The number of para-hydroxylation sites is 1. The van der Waals surface area contributed by atoms with Gasteiger partial charge in [0.25, 0.3) is 11.8 Å². The molecule has 0 aliphatic rings. The number of hydrogen-bond donors (Lipinski definition) is 2. The normalized spacial score (nSPS) is 10.1. The molecule has 0 aliphatic heterocycles. The summed E-state index contributed by atoms with van der Waals surface area (Å²) in [5.74, 6) is -0.954. The highest BCUT2D eigenvalue weighted by molar-refractivity contribution is 6.07. The van der Waals surface area contributed by atoms with Crippen LogP contribution in [0, 0.1) is 5.82 Å². The molecule has 0 saturated heterocycles. The molecule has 0 aromatic heterocycles. The summed E-state index contributed by atoms with van der Waals surface area (Å²) in [6, 6.07) is 20.9. The molecular formula is C20H15FN2O2. The van der Waals surface area contributed by atoms with Crippen LogP contribution in [0.2, 0.25) is 0 Å². The first kappa shape index (κ1) is 16.4. The highest BCUT2D eigenvalue weighted by atomic mass is 19.1. The van der Waals surface area contributed by atoms with Crippen LogP contribution in [-0.4, -0.2) is 11.8 Å². The molecule has 0 unspecified atom stereocenters. The Balaban J connectivity index is 1.66. The fourth-order valence-corrected chi connectivity index (χ4v) is 2.23. The van der Waals surface area contributed by atoms with Crippen LogP contribution in [0.25, 0.3) is 0 Å². The number of carbonyl (C=O) groups is 2. The summed E-state index contributed by atoms with van der Waals surface area (Å²) < 4.78 is 12.9. The maximum Gasteiger partial charge on any atom is 0.255 e. The molecule has 2 N–H and O–H groups in total. The highest BCUT2D eigenvalue weighted by Crippen LogP contribution is 2.13. The molecule has 2 amide bonds. The lowest BCUT2D eigenvalue weighted by Gasteiger charge is -2.07. The van der Waals surface area contributed by atoms with Crippen molar-refractivity contribution in [3.05, 3.63) is 95.8 Å². The van der Waals surface area contributed by atoms with E-state index in [0.29, 0.717) is 22.5 Å². The molecule has 0 spiro atoms. The predicted octanol–water partition coefficient (Wildman–Crippen LogP) is 4.33. The van der Waals surface area contributed by atoms with Crippen LogP contribution in [-0.2, 0) is 0 Å². The van der Waals surface area contributed by atoms with Crippen LogP contribution in [0.3, 0.4) is 0 Å². The van der Waals surface area contributed by atoms with Gasteiger partial charge in [0.2, 0.25) is 0 Å². The summed E-state index contributed by atoms with van der Waals surface area (Å²) in [6.07, 6.45) is 0. The Morgan fingerprint density at radius 2 is 1.04 bits per heavy atom. The first-order valence-electron chi connectivity index (χ1n) is 7.65. The number of hydrogen-bond acceptors (Lipinski definition) is 2. The van der Waals surface area contributed by atoms with E-state index in [1.165, 1.54) is 24.3 Å². The number of halogens is 1. The van der Waals surface area contributed by atoms with Crippen molar-refractivity contribution in [1.82, 2.24) is 0 Å².